The molecule has 0 bridgehead atoms. The van der Waals surface area contributed by atoms with E-state index < -0.39 is 0 Å². The van der Waals surface area contributed by atoms with Gasteiger partial charge in [-0.05, 0) is 19.8 Å². The molecule has 19 heavy (non-hydrogen) atoms. The highest BCUT2D eigenvalue weighted by atomic mass is 16.2. The molecule has 2 aliphatic rings. The van der Waals surface area contributed by atoms with E-state index in [1.807, 2.05) is 4.90 Å². The first-order valence-corrected chi connectivity index (χ1v) is 7.16. The van der Waals surface area contributed by atoms with E-state index in [0.29, 0.717) is 12.6 Å². The Bertz CT molecular complexity index is 329. The fraction of sp³-hybridized carbons (Fsp3) is 0.846. The van der Waals surface area contributed by atoms with Gasteiger partial charge in [0.1, 0.15) is 0 Å². The predicted molar refractivity (Wildman–Crippen MR) is 72.7 cm³/mol. The number of likely N-dealkylation sites (tertiary alicyclic amines) is 1. The molecule has 2 aliphatic heterocycles. The van der Waals surface area contributed by atoms with Gasteiger partial charge in [-0.1, -0.05) is 0 Å². The van der Waals surface area contributed by atoms with Crippen molar-refractivity contribution in [3.05, 3.63) is 0 Å². The number of nitrogens with zero attached hydrogens (tertiary/aromatic N) is 2. The molecule has 108 valence electrons. The molecule has 2 rings (SSSR count). The summed E-state index contributed by atoms with van der Waals surface area (Å²) >= 11 is 0. The molecule has 0 saturated carbocycles. The Morgan fingerprint density at radius 1 is 1.26 bits per heavy atom. The quantitative estimate of drug-likeness (QED) is 0.688. The van der Waals surface area contributed by atoms with Crippen molar-refractivity contribution >= 4 is 11.8 Å². The van der Waals surface area contributed by atoms with Gasteiger partial charge in [0.25, 0.3) is 0 Å². The van der Waals surface area contributed by atoms with Crippen LogP contribution in [0.25, 0.3) is 0 Å². The van der Waals surface area contributed by atoms with Crippen molar-refractivity contribution in [1.82, 2.24) is 20.4 Å². The average molecular weight is 268 g/mol. The fourth-order valence-electron chi connectivity index (χ4n) is 2.61. The van der Waals surface area contributed by atoms with Crippen molar-refractivity contribution in [1.29, 1.82) is 0 Å². The Kier molecular flexibility index (Phi) is 5.15. The van der Waals surface area contributed by atoms with E-state index >= 15 is 0 Å². The highest BCUT2D eigenvalue weighted by Crippen LogP contribution is 2.06. The van der Waals surface area contributed by atoms with Crippen molar-refractivity contribution in [2.75, 3.05) is 45.8 Å². The summed E-state index contributed by atoms with van der Waals surface area (Å²) < 4.78 is 0. The van der Waals surface area contributed by atoms with Gasteiger partial charge >= 0.3 is 0 Å². The summed E-state index contributed by atoms with van der Waals surface area (Å²) in [4.78, 5) is 27.6. The molecule has 0 unspecified atom stereocenters. The van der Waals surface area contributed by atoms with Gasteiger partial charge < -0.3 is 15.5 Å². The molecule has 2 fully saturated rings. The Labute approximate surface area is 114 Å². The average Bonchev–Trinajstić information content (AvgIpc) is 2.93. The Balaban J connectivity index is 1.67. The highest BCUT2D eigenvalue weighted by Gasteiger charge is 2.21. The maximum atomic E-state index is 11.8. The number of carbonyl (C=O) groups is 2. The van der Waals surface area contributed by atoms with E-state index in [0.717, 1.165) is 45.6 Å². The fourth-order valence-corrected chi connectivity index (χ4v) is 2.61. The maximum absolute atomic E-state index is 11.8. The van der Waals surface area contributed by atoms with Crippen LogP contribution in [0.2, 0.25) is 0 Å². The van der Waals surface area contributed by atoms with Crippen LogP contribution in [0.3, 0.4) is 0 Å². The molecular formula is C13H24N4O2. The van der Waals surface area contributed by atoms with E-state index in [2.05, 4.69) is 22.5 Å². The van der Waals surface area contributed by atoms with Gasteiger partial charge in [-0.25, -0.2) is 0 Å². The zero-order valence-electron chi connectivity index (χ0n) is 11.7. The van der Waals surface area contributed by atoms with Gasteiger partial charge in [0.05, 0.1) is 13.1 Å². The van der Waals surface area contributed by atoms with Gasteiger partial charge in [0, 0.05) is 38.8 Å². The topological polar surface area (TPSA) is 64.7 Å². The third-order valence-electron chi connectivity index (χ3n) is 3.88. The molecule has 0 spiro atoms. The second-order valence-electron chi connectivity index (χ2n) is 5.39. The van der Waals surface area contributed by atoms with Crippen LogP contribution in [-0.2, 0) is 9.59 Å². The van der Waals surface area contributed by atoms with Crippen LogP contribution >= 0.6 is 0 Å². The molecule has 2 amide bonds. The highest BCUT2D eigenvalue weighted by molar-refractivity contribution is 5.85. The standard InChI is InChI=1S/C13H24N4O2/c1-11-8-14-4-7-17(11)10-12(18)15-9-13(19)16-5-2-3-6-16/h11,14H,2-10H2,1H3,(H,15,18)/t11-/m0/s1. The van der Waals surface area contributed by atoms with Crippen LogP contribution in [0.1, 0.15) is 19.8 Å². The summed E-state index contributed by atoms with van der Waals surface area (Å²) in [6.07, 6.45) is 2.16. The van der Waals surface area contributed by atoms with Gasteiger partial charge in [-0.15, -0.1) is 0 Å². The SMILES string of the molecule is C[C@H]1CNCCN1CC(=O)NCC(=O)N1CCCC1. The lowest BCUT2D eigenvalue weighted by Gasteiger charge is -2.33. The minimum Gasteiger partial charge on any atom is -0.346 e. The summed E-state index contributed by atoms with van der Waals surface area (Å²) in [5.41, 5.74) is 0. The first kappa shape index (κ1) is 14.3. The molecule has 0 aromatic heterocycles. The third-order valence-corrected chi connectivity index (χ3v) is 3.88. The number of carbonyl (C=O) groups excluding carboxylic acids is 2. The predicted octanol–water partition coefficient (Wildman–Crippen LogP) is -0.981. The van der Waals surface area contributed by atoms with Crippen molar-refractivity contribution in [2.45, 2.75) is 25.8 Å². The first-order valence-electron chi connectivity index (χ1n) is 7.16. The molecule has 6 heteroatoms. The normalized spacial score (nSPS) is 24.5. The summed E-state index contributed by atoms with van der Waals surface area (Å²) in [6, 6.07) is 0.369. The molecule has 2 saturated heterocycles. The zero-order chi connectivity index (χ0) is 13.7. The molecule has 1 atom stereocenters. The lowest BCUT2D eigenvalue weighted by molar-refractivity contribution is -0.132. The van der Waals surface area contributed by atoms with E-state index in [1.54, 1.807) is 0 Å². The van der Waals surface area contributed by atoms with Crippen molar-refractivity contribution < 1.29 is 9.59 Å². The summed E-state index contributed by atoms with van der Waals surface area (Å²) in [7, 11) is 0. The Morgan fingerprint density at radius 3 is 2.68 bits per heavy atom. The van der Waals surface area contributed by atoms with Crippen LogP contribution < -0.4 is 10.6 Å². The molecule has 6 nitrogen and oxygen atoms in total. The van der Waals surface area contributed by atoms with E-state index in [9.17, 15) is 9.59 Å². The number of nitrogens with one attached hydrogen (secondary N) is 2. The molecule has 0 radical (unpaired) electrons. The Hall–Kier alpha value is -1.14. The van der Waals surface area contributed by atoms with E-state index in [4.69, 9.17) is 0 Å². The number of hydrogen-bond acceptors (Lipinski definition) is 4. The second-order valence-corrected chi connectivity index (χ2v) is 5.39. The van der Waals surface area contributed by atoms with Crippen LogP contribution in [0.4, 0.5) is 0 Å². The lowest BCUT2D eigenvalue weighted by Crippen LogP contribution is -2.53. The van der Waals surface area contributed by atoms with Crippen LogP contribution in [0, 0.1) is 0 Å². The third kappa shape index (κ3) is 4.18. The summed E-state index contributed by atoms with van der Waals surface area (Å²) in [5, 5.41) is 6.03. The van der Waals surface area contributed by atoms with Gasteiger partial charge in [0.15, 0.2) is 0 Å². The zero-order valence-corrected chi connectivity index (χ0v) is 11.7. The minimum atomic E-state index is -0.0544. The number of hydrogen-bond donors (Lipinski definition) is 2. The molecule has 0 aliphatic carbocycles. The minimum absolute atomic E-state index is 0.0409. The Morgan fingerprint density at radius 2 is 2.00 bits per heavy atom. The van der Waals surface area contributed by atoms with Gasteiger partial charge in [0.2, 0.25) is 11.8 Å². The van der Waals surface area contributed by atoms with E-state index in [1.165, 1.54) is 0 Å². The van der Waals surface area contributed by atoms with Crippen LogP contribution in [-0.4, -0.2) is 73.5 Å². The van der Waals surface area contributed by atoms with Crippen LogP contribution in [0.15, 0.2) is 0 Å². The monoisotopic (exact) mass is 268 g/mol. The smallest absolute Gasteiger partial charge is 0.241 e. The maximum Gasteiger partial charge on any atom is 0.241 e. The summed E-state index contributed by atoms with van der Waals surface area (Å²) in [5.74, 6) is -0.0134. The van der Waals surface area contributed by atoms with Crippen molar-refractivity contribution in [3.63, 3.8) is 0 Å². The molecule has 2 N–H and O–H groups in total. The molecule has 2 heterocycles. The first-order chi connectivity index (χ1) is 9.16. The number of rotatable bonds is 4. The van der Waals surface area contributed by atoms with Gasteiger partial charge in [-0.2, -0.15) is 0 Å². The summed E-state index contributed by atoms with van der Waals surface area (Å²) in [6.45, 7) is 7.02. The number of amides is 2. The second kappa shape index (κ2) is 6.86. The van der Waals surface area contributed by atoms with Crippen molar-refractivity contribution in [2.24, 2.45) is 0 Å². The molecule has 0 aromatic rings. The van der Waals surface area contributed by atoms with E-state index in [-0.39, 0.29) is 18.4 Å². The van der Waals surface area contributed by atoms with Crippen molar-refractivity contribution in [3.8, 4) is 0 Å². The van der Waals surface area contributed by atoms with Crippen LogP contribution in [0.5, 0.6) is 0 Å². The molecule has 0 aromatic carbocycles. The lowest BCUT2D eigenvalue weighted by atomic mass is 10.2. The van der Waals surface area contributed by atoms with Gasteiger partial charge in [-0.3, -0.25) is 14.5 Å². The number of piperazine rings is 1. The molecular weight excluding hydrogens is 244 g/mol. The largest absolute Gasteiger partial charge is 0.346 e.